The molecule has 0 aromatic heterocycles. The molecule has 1 fully saturated rings. The average Bonchev–Trinajstić information content (AvgIpc) is 2.69. The maximum Gasteiger partial charge on any atom is 0.270 e. The van der Waals surface area contributed by atoms with Gasteiger partial charge < -0.3 is 0 Å². The highest BCUT2D eigenvalue weighted by atomic mass is 32.2. The van der Waals surface area contributed by atoms with Crippen molar-refractivity contribution in [3.63, 3.8) is 0 Å². The predicted molar refractivity (Wildman–Crippen MR) is 106 cm³/mol. The molecule has 0 bridgehead atoms. The van der Waals surface area contributed by atoms with E-state index in [1.54, 1.807) is 25.1 Å². The normalized spacial score (nSPS) is 16.6. The molecule has 11 heteroatoms. The molecule has 0 amide bonds. The monoisotopic (exact) mass is 439 g/mol. The van der Waals surface area contributed by atoms with Crippen LogP contribution in [0.25, 0.3) is 0 Å². The summed E-state index contributed by atoms with van der Waals surface area (Å²) in [5.74, 6) is 0. The Balaban J connectivity index is 1.72. The first-order valence-corrected chi connectivity index (χ1v) is 11.9. The average molecular weight is 440 g/mol. The van der Waals surface area contributed by atoms with Gasteiger partial charge in [0.1, 0.15) is 0 Å². The van der Waals surface area contributed by atoms with E-state index in [-0.39, 0.29) is 28.6 Å². The molecule has 1 aliphatic rings. The summed E-state index contributed by atoms with van der Waals surface area (Å²) in [5, 5.41) is 11.0. The van der Waals surface area contributed by atoms with E-state index in [4.69, 9.17) is 0 Å². The molecule has 1 saturated heterocycles. The van der Waals surface area contributed by atoms with E-state index in [2.05, 4.69) is 4.72 Å². The van der Waals surface area contributed by atoms with Crippen molar-refractivity contribution in [2.24, 2.45) is 0 Å². The minimum absolute atomic E-state index is 0.102. The fourth-order valence-corrected chi connectivity index (χ4v) is 6.26. The Morgan fingerprint density at radius 2 is 1.66 bits per heavy atom. The summed E-state index contributed by atoms with van der Waals surface area (Å²) in [6.07, 6.45) is 0.610. The van der Waals surface area contributed by atoms with Crippen LogP contribution in [0.5, 0.6) is 0 Å². The van der Waals surface area contributed by atoms with Crippen LogP contribution in [0.15, 0.2) is 58.3 Å². The van der Waals surface area contributed by atoms with Crippen LogP contribution in [0, 0.1) is 17.0 Å². The number of nitrogens with one attached hydrogen (secondary N) is 1. The van der Waals surface area contributed by atoms with Crippen LogP contribution < -0.4 is 4.72 Å². The lowest BCUT2D eigenvalue weighted by Gasteiger charge is -2.31. The molecule has 0 saturated carbocycles. The molecule has 29 heavy (non-hydrogen) atoms. The molecule has 2 aromatic rings. The fraction of sp³-hybridized carbons (Fsp3) is 0.333. The van der Waals surface area contributed by atoms with Gasteiger partial charge in [0, 0.05) is 31.3 Å². The summed E-state index contributed by atoms with van der Waals surface area (Å²) in [4.78, 5) is 10.4. The minimum Gasteiger partial charge on any atom is -0.258 e. The van der Waals surface area contributed by atoms with Gasteiger partial charge in [0.25, 0.3) is 5.69 Å². The van der Waals surface area contributed by atoms with Crippen LogP contribution in [0.1, 0.15) is 18.4 Å². The van der Waals surface area contributed by atoms with Crippen LogP contribution in [0.4, 0.5) is 5.69 Å². The fourth-order valence-electron chi connectivity index (χ4n) is 3.22. The Morgan fingerprint density at radius 1 is 1.03 bits per heavy atom. The van der Waals surface area contributed by atoms with Gasteiger partial charge in [-0.2, -0.15) is 4.31 Å². The SMILES string of the molecule is Cc1ccc([N+](=O)[O-])cc1S(=O)(=O)N1CCC(NS(=O)(=O)c2ccccc2)CC1. The maximum absolute atomic E-state index is 13.0. The minimum atomic E-state index is -3.92. The van der Waals surface area contributed by atoms with Gasteiger partial charge in [0.05, 0.1) is 14.7 Å². The van der Waals surface area contributed by atoms with Crippen molar-refractivity contribution in [2.75, 3.05) is 13.1 Å². The molecule has 0 aliphatic carbocycles. The molecule has 0 radical (unpaired) electrons. The number of piperidine rings is 1. The van der Waals surface area contributed by atoms with E-state index in [1.807, 2.05) is 0 Å². The van der Waals surface area contributed by atoms with Gasteiger partial charge in [-0.15, -0.1) is 0 Å². The maximum atomic E-state index is 13.0. The van der Waals surface area contributed by atoms with Gasteiger partial charge in [-0.25, -0.2) is 21.6 Å². The highest BCUT2D eigenvalue weighted by molar-refractivity contribution is 7.89. The lowest BCUT2D eigenvalue weighted by Crippen LogP contribution is -2.46. The lowest BCUT2D eigenvalue weighted by molar-refractivity contribution is -0.385. The molecular formula is C18H21N3O6S2. The molecule has 1 aliphatic heterocycles. The number of sulfonamides is 2. The van der Waals surface area contributed by atoms with Crippen molar-refractivity contribution in [2.45, 2.75) is 35.6 Å². The highest BCUT2D eigenvalue weighted by Gasteiger charge is 2.33. The zero-order chi connectivity index (χ0) is 21.2. The summed E-state index contributed by atoms with van der Waals surface area (Å²) < 4.78 is 54.7. The molecule has 1 N–H and O–H groups in total. The Bertz CT molecular complexity index is 1110. The summed E-state index contributed by atoms with van der Waals surface area (Å²) in [6.45, 7) is 1.82. The van der Waals surface area contributed by atoms with E-state index < -0.39 is 31.0 Å². The Morgan fingerprint density at radius 3 is 2.24 bits per heavy atom. The topological polar surface area (TPSA) is 127 Å². The third-order valence-corrected chi connectivity index (χ3v) is 8.41. The largest absolute Gasteiger partial charge is 0.270 e. The highest BCUT2D eigenvalue weighted by Crippen LogP contribution is 2.27. The molecule has 3 rings (SSSR count). The van der Waals surface area contributed by atoms with Crippen molar-refractivity contribution < 1.29 is 21.8 Å². The molecule has 0 spiro atoms. The third-order valence-electron chi connectivity index (χ3n) is 4.83. The van der Waals surface area contributed by atoms with Gasteiger partial charge >= 0.3 is 0 Å². The first kappa shape index (κ1) is 21.4. The second-order valence-electron chi connectivity index (χ2n) is 6.82. The van der Waals surface area contributed by atoms with Gasteiger partial charge in [0.2, 0.25) is 20.0 Å². The third kappa shape index (κ3) is 4.64. The van der Waals surface area contributed by atoms with Gasteiger partial charge in [-0.05, 0) is 37.5 Å². The molecule has 156 valence electrons. The van der Waals surface area contributed by atoms with Crippen molar-refractivity contribution in [1.29, 1.82) is 0 Å². The van der Waals surface area contributed by atoms with E-state index in [9.17, 15) is 26.9 Å². The number of nitro benzene ring substituents is 1. The number of hydrogen-bond donors (Lipinski definition) is 1. The van der Waals surface area contributed by atoms with E-state index in [1.165, 1.54) is 28.6 Å². The van der Waals surface area contributed by atoms with Crippen LogP contribution in [-0.4, -0.2) is 45.2 Å². The summed E-state index contributed by atoms with van der Waals surface area (Å²) in [6, 6.07) is 11.3. The number of benzene rings is 2. The number of non-ortho nitro benzene ring substituents is 1. The molecule has 1 heterocycles. The molecule has 0 atom stereocenters. The summed E-state index contributed by atoms with van der Waals surface area (Å²) in [5.41, 5.74) is 0.127. The van der Waals surface area contributed by atoms with Crippen LogP contribution >= 0.6 is 0 Å². The molecular weight excluding hydrogens is 418 g/mol. The van der Waals surface area contributed by atoms with Crippen molar-refractivity contribution in [3.05, 3.63) is 64.2 Å². The van der Waals surface area contributed by atoms with Crippen molar-refractivity contribution >= 4 is 25.7 Å². The molecule has 2 aromatic carbocycles. The van der Waals surface area contributed by atoms with E-state index in [0.29, 0.717) is 18.4 Å². The van der Waals surface area contributed by atoms with Gasteiger partial charge in [-0.1, -0.05) is 24.3 Å². The molecule has 9 nitrogen and oxygen atoms in total. The number of nitro groups is 1. The number of aryl methyl sites for hydroxylation is 1. The second kappa shape index (κ2) is 8.19. The van der Waals surface area contributed by atoms with Gasteiger partial charge in [0.15, 0.2) is 0 Å². The van der Waals surface area contributed by atoms with Crippen LogP contribution in [0.2, 0.25) is 0 Å². The first-order valence-electron chi connectivity index (χ1n) is 8.94. The van der Waals surface area contributed by atoms with Crippen molar-refractivity contribution in [3.8, 4) is 0 Å². The second-order valence-corrected chi connectivity index (χ2v) is 10.4. The van der Waals surface area contributed by atoms with Crippen LogP contribution in [-0.2, 0) is 20.0 Å². The quantitative estimate of drug-likeness (QED) is 0.542. The van der Waals surface area contributed by atoms with Crippen LogP contribution in [0.3, 0.4) is 0 Å². The molecule has 0 unspecified atom stereocenters. The number of rotatable bonds is 6. The number of hydrogen-bond acceptors (Lipinski definition) is 6. The number of nitrogens with zero attached hydrogens (tertiary/aromatic N) is 2. The van der Waals surface area contributed by atoms with E-state index in [0.717, 1.165) is 6.07 Å². The van der Waals surface area contributed by atoms with Gasteiger partial charge in [-0.3, -0.25) is 10.1 Å². The predicted octanol–water partition coefficient (Wildman–Crippen LogP) is 2.03. The Kier molecular flexibility index (Phi) is 6.03. The Hall–Kier alpha value is -2.34. The zero-order valence-electron chi connectivity index (χ0n) is 15.7. The van der Waals surface area contributed by atoms with E-state index >= 15 is 0 Å². The standard InChI is InChI=1S/C18H21N3O6S2/c1-14-7-8-16(21(22)23)13-18(14)29(26,27)20-11-9-15(10-12-20)19-28(24,25)17-5-3-2-4-6-17/h2-8,13,15,19H,9-12H2,1H3. The Labute approximate surface area is 169 Å². The lowest BCUT2D eigenvalue weighted by atomic mass is 10.1. The summed E-state index contributed by atoms with van der Waals surface area (Å²) >= 11 is 0. The summed E-state index contributed by atoms with van der Waals surface area (Å²) in [7, 11) is -7.60. The zero-order valence-corrected chi connectivity index (χ0v) is 17.3. The first-order chi connectivity index (χ1) is 13.6. The smallest absolute Gasteiger partial charge is 0.258 e. The van der Waals surface area contributed by atoms with Crippen molar-refractivity contribution in [1.82, 2.24) is 9.03 Å².